The minimum Gasteiger partial charge on any atom is -0.450 e. The molecule has 8 heteroatoms. The van der Waals surface area contributed by atoms with E-state index < -0.39 is 11.9 Å². The zero-order valence-corrected chi connectivity index (χ0v) is 14.3. The SMILES string of the molecule is CCOC(=O)N1CCC(NC(N)=NCC(O)c2ccccc2F)CC1. The minimum absolute atomic E-state index is 0.0264. The Hall–Kier alpha value is -2.35. The molecule has 0 bridgehead atoms. The summed E-state index contributed by atoms with van der Waals surface area (Å²) in [6, 6.07) is 6.13. The number of rotatable bonds is 5. The van der Waals surface area contributed by atoms with Crippen molar-refractivity contribution in [3.05, 3.63) is 35.6 Å². The van der Waals surface area contributed by atoms with Crippen molar-refractivity contribution in [2.45, 2.75) is 31.9 Å². The van der Waals surface area contributed by atoms with Gasteiger partial charge in [-0.2, -0.15) is 0 Å². The van der Waals surface area contributed by atoms with Crippen molar-refractivity contribution in [3.63, 3.8) is 0 Å². The number of carbonyl (C=O) groups is 1. The van der Waals surface area contributed by atoms with E-state index in [9.17, 15) is 14.3 Å². The highest BCUT2D eigenvalue weighted by molar-refractivity contribution is 5.78. The molecule has 138 valence electrons. The molecule has 1 fully saturated rings. The quantitative estimate of drug-likeness (QED) is 0.549. The maximum atomic E-state index is 13.6. The number of hydrogen-bond donors (Lipinski definition) is 3. The van der Waals surface area contributed by atoms with E-state index >= 15 is 0 Å². The normalized spacial score (nSPS) is 17.2. The van der Waals surface area contributed by atoms with Crippen LogP contribution >= 0.6 is 0 Å². The lowest BCUT2D eigenvalue weighted by molar-refractivity contribution is 0.0963. The number of hydrogen-bond acceptors (Lipinski definition) is 4. The second-order valence-corrected chi connectivity index (χ2v) is 5.87. The highest BCUT2D eigenvalue weighted by Crippen LogP contribution is 2.16. The molecule has 2 rings (SSSR count). The number of ether oxygens (including phenoxy) is 1. The topological polar surface area (TPSA) is 100 Å². The van der Waals surface area contributed by atoms with E-state index in [0.29, 0.717) is 19.7 Å². The number of amides is 1. The van der Waals surface area contributed by atoms with Crippen molar-refractivity contribution in [1.82, 2.24) is 10.2 Å². The lowest BCUT2D eigenvalue weighted by Crippen LogP contribution is -2.48. The number of carbonyl (C=O) groups excluding carboxylic acids is 1. The van der Waals surface area contributed by atoms with Gasteiger partial charge in [0, 0.05) is 24.7 Å². The van der Waals surface area contributed by atoms with Gasteiger partial charge in [-0.25, -0.2) is 9.18 Å². The van der Waals surface area contributed by atoms with Gasteiger partial charge in [-0.3, -0.25) is 4.99 Å². The van der Waals surface area contributed by atoms with Crippen molar-refractivity contribution in [1.29, 1.82) is 0 Å². The lowest BCUT2D eigenvalue weighted by Gasteiger charge is -2.31. The van der Waals surface area contributed by atoms with Crippen molar-refractivity contribution in [3.8, 4) is 0 Å². The molecule has 4 N–H and O–H groups in total. The number of guanidine groups is 1. The molecule has 1 atom stereocenters. The first-order chi connectivity index (χ1) is 12.0. The van der Waals surface area contributed by atoms with Gasteiger partial charge in [-0.1, -0.05) is 18.2 Å². The molecule has 1 aromatic carbocycles. The minimum atomic E-state index is -1.05. The molecule has 1 heterocycles. The molecule has 7 nitrogen and oxygen atoms in total. The summed E-state index contributed by atoms with van der Waals surface area (Å²) in [5.74, 6) is -0.270. The summed E-state index contributed by atoms with van der Waals surface area (Å²) in [5, 5.41) is 13.1. The number of halogens is 1. The zero-order chi connectivity index (χ0) is 18.2. The third-order valence-electron chi connectivity index (χ3n) is 4.07. The Bertz CT molecular complexity index is 603. The molecule has 0 radical (unpaired) electrons. The fraction of sp³-hybridized carbons (Fsp3) is 0.529. The number of nitrogens with one attached hydrogen (secondary N) is 1. The number of piperidine rings is 1. The zero-order valence-electron chi connectivity index (χ0n) is 14.3. The molecule has 1 amide bonds. The molecular weight excluding hydrogens is 327 g/mol. The van der Waals surface area contributed by atoms with Crippen LogP contribution in [0.2, 0.25) is 0 Å². The van der Waals surface area contributed by atoms with E-state index in [1.807, 2.05) is 0 Å². The molecule has 0 spiro atoms. The van der Waals surface area contributed by atoms with Gasteiger partial charge in [-0.05, 0) is 25.8 Å². The predicted molar refractivity (Wildman–Crippen MR) is 92.6 cm³/mol. The van der Waals surface area contributed by atoms with Crippen LogP contribution in [-0.2, 0) is 4.74 Å². The first-order valence-electron chi connectivity index (χ1n) is 8.42. The molecule has 1 unspecified atom stereocenters. The summed E-state index contributed by atoms with van der Waals surface area (Å²) >= 11 is 0. The van der Waals surface area contributed by atoms with Crippen LogP contribution in [-0.4, -0.2) is 54.3 Å². The van der Waals surface area contributed by atoms with Gasteiger partial charge in [0.15, 0.2) is 5.96 Å². The standard InChI is InChI=1S/C17H25FN4O3/c1-2-25-17(24)22-9-7-12(8-10-22)21-16(19)20-11-15(23)13-5-3-4-6-14(13)18/h3-6,12,15,23H,2,7-11H2,1H3,(H3,19,20,21). The van der Waals surface area contributed by atoms with Crippen LogP contribution < -0.4 is 11.1 Å². The largest absolute Gasteiger partial charge is 0.450 e. The Kier molecular flexibility index (Phi) is 7.00. The van der Waals surface area contributed by atoms with Crippen LogP contribution in [0.5, 0.6) is 0 Å². The Balaban J connectivity index is 1.78. The van der Waals surface area contributed by atoms with Crippen molar-refractivity contribution < 1.29 is 19.0 Å². The van der Waals surface area contributed by atoms with E-state index in [1.165, 1.54) is 12.1 Å². The molecule has 0 aliphatic carbocycles. The molecule has 25 heavy (non-hydrogen) atoms. The van der Waals surface area contributed by atoms with Gasteiger partial charge in [0.1, 0.15) is 11.9 Å². The summed E-state index contributed by atoms with van der Waals surface area (Å²) < 4.78 is 18.6. The van der Waals surface area contributed by atoms with Crippen LogP contribution in [0.3, 0.4) is 0 Å². The van der Waals surface area contributed by atoms with Crippen molar-refractivity contribution in [2.24, 2.45) is 10.7 Å². The Labute approximate surface area is 146 Å². The number of aliphatic imine (C=N–C) groups is 1. The van der Waals surface area contributed by atoms with Crippen molar-refractivity contribution in [2.75, 3.05) is 26.2 Å². The summed E-state index contributed by atoms with van der Waals surface area (Å²) in [7, 11) is 0. The number of aliphatic hydroxyl groups is 1. The molecule has 0 saturated carbocycles. The summed E-state index contributed by atoms with van der Waals surface area (Å²) in [4.78, 5) is 17.4. The average molecular weight is 352 g/mol. The fourth-order valence-corrected chi connectivity index (χ4v) is 2.70. The number of aliphatic hydroxyl groups excluding tert-OH is 1. The first kappa shape index (κ1) is 19.0. The van der Waals surface area contributed by atoms with Crippen LogP contribution in [0.4, 0.5) is 9.18 Å². The maximum absolute atomic E-state index is 13.6. The van der Waals surface area contributed by atoms with Gasteiger partial charge in [0.05, 0.1) is 13.2 Å². The Morgan fingerprint density at radius 3 is 2.80 bits per heavy atom. The average Bonchev–Trinajstić information content (AvgIpc) is 2.61. The first-order valence-corrected chi connectivity index (χ1v) is 8.42. The maximum Gasteiger partial charge on any atom is 0.409 e. The van der Waals surface area contributed by atoms with Crippen LogP contribution in [0.25, 0.3) is 0 Å². The summed E-state index contributed by atoms with van der Waals surface area (Å²) in [6.07, 6.45) is 0.110. The Morgan fingerprint density at radius 1 is 1.48 bits per heavy atom. The molecule has 1 aliphatic heterocycles. The van der Waals surface area contributed by atoms with Gasteiger partial charge in [-0.15, -0.1) is 0 Å². The highest BCUT2D eigenvalue weighted by atomic mass is 19.1. The molecule has 0 aromatic heterocycles. The van der Waals surface area contributed by atoms with E-state index in [0.717, 1.165) is 12.8 Å². The molecular formula is C17H25FN4O3. The monoisotopic (exact) mass is 352 g/mol. The van der Waals surface area contributed by atoms with Crippen LogP contribution in [0.1, 0.15) is 31.4 Å². The summed E-state index contributed by atoms with van der Waals surface area (Å²) in [5.41, 5.74) is 6.04. The number of likely N-dealkylation sites (tertiary alicyclic amines) is 1. The van der Waals surface area contributed by atoms with E-state index in [2.05, 4.69) is 10.3 Å². The smallest absolute Gasteiger partial charge is 0.409 e. The van der Waals surface area contributed by atoms with Gasteiger partial charge in [0.2, 0.25) is 0 Å². The highest BCUT2D eigenvalue weighted by Gasteiger charge is 2.23. The lowest BCUT2D eigenvalue weighted by atomic mass is 10.1. The van der Waals surface area contributed by atoms with Gasteiger partial charge < -0.3 is 25.8 Å². The third kappa shape index (κ3) is 5.60. The second kappa shape index (κ2) is 9.22. The van der Waals surface area contributed by atoms with Crippen LogP contribution in [0, 0.1) is 5.82 Å². The molecule has 1 aromatic rings. The number of nitrogens with two attached hydrogens (primary N) is 1. The molecule has 1 saturated heterocycles. The van der Waals surface area contributed by atoms with E-state index in [1.54, 1.807) is 24.0 Å². The number of benzene rings is 1. The third-order valence-corrected chi connectivity index (χ3v) is 4.07. The van der Waals surface area contributed by atoms with Crippen molar-refractivity contribution >= 4 is 12.1 Å². The summed E-state index contributed by atoms with van der Waals surface area (Å²) in [6.45, 7) is 3.28. The number of nitrogens with zero attached hydrogens (tertiary/aromatic N) is 2. The fourth-order valence-electron chi connectivity index (χ4n) is 2.70. The Morgan fingerprint density at radius 2 is 2.16 bits per heavy atom. The van der Waals surface area contributed by atoms with Gasteiger partial charge in [0.25, 0.3) is 0 Å². The predicted octanol–water partition coefficient (Wildman–Crippen LogP) is 1.38. The van der Waals surface area contributed by atoms with E-state index in [4.69, 9.17) is 10.5 Å². The van der Waals surface area contributed by atoms with Gasteiger partial charge >= 0.3 is 6.09 Å². The van der Waals surface area contributed by atoms with E-state index in [-0.39, 0.29) is 30.2 Å². The molecule has 1 aliphatic rings. The second-order valence-electron chi connectivity index (χ2n) is 5.87. The van der Waals surface area contributed by atoms with Crippen LogP contribution in [0.15, 0.2) is 29.3 Å².